The fourth-order valence-corrected chi connectivity index (χ4v) is 2.44. The van der Waals surface area contributed by atoms with Crippen molar-refractivity contribution in [2.45, 2.75) is 13.3 Å². The van der Waals surface area contributed by atoms with Gasteiger partial charge >= 0.3 is 5.97 Å². The van der Waals surface area contributed by atoms with Gasteiger partial charge in [-0.05, 0) is 36.1 Å². The number of ether oxygens (including phenoxy) is 1. The van der Waals surface area contributed by atoms with Gasteiger partial charge in [0.2, 0.25) is 5.91 Å². The SMILES string of the molecule is Cc1cccc(OCCC(=O)Nc2ccsc2C(=O)O)c1. The highest BCUT2D eigenvalue weighted by atomic mass is 32.1. The van der Waals surface area contributed by atoms with E-state index in [1.807, 2.05) is 31.2 Å². The highest BCUT2D eigenvalue weighted by Crippen LogP contribution is 2.22. The van der Waals surface area contributed by atoms with Gasteiger partial charge in [-0.25, -0.2) is 4.79 Å². The van der Waals surface area contributed by atoms with Crippen molar-refractivity contribution in [2.75, 3.05) is 11.9 Å². The van der Waals surface area contributed by atoms with Crippen LogP contribution in [-0.2, 0) is 4.79 Å². The number of amides is 1. The summed E-state index contributed by atoms with van der Waals surface area (Å²) in [5.41, 5.74) is 1.41. The van der Waals surface area contributed by atoms with Gasteiger partial charge < -0.3 is 15.2 Å². The number of carbonyl (C=O) groups is 2. The highest BCUT2D eigenvalue weighted by molar-refractivity contribution is 7.12. The van der Waals surface area contributed by atoms with Gasteiger partial charge in [-0.3, -0.25) is 4.79 Å². The van der Waals surface area contributed by atoms with Gasteiger partial charge in [0.15, 0.2) is 0 Å². The molecular weight excluding hydrogens is 290 g/mol. The van der Waals surface area contributed by atoms with Crippen LogP contribution in [0.1, 0.15) is 21.7 Å². The van der Waals surface area contributed by atoms with Crippen LogP contribution in [0.4, 0.5) is 5.69 Å². The number of aryl methyl sites for hydroxylation is 1. The van der Waals surface area contributed by atoms with Crippen molar-refractivity contribution < 1.29 is 19.4 Å². The number of carboxylic acids is 1. The molecule has 0 saturated heterocycles. The Kier molecular flexibility index (Phi) is 4.94. The number of benzene rings is 1. The Hall–Kier alpha value is -2.34. The normalized spacial score (nSPS) is 10.1. The first-order valence-corrected chi connectivity index (χ1v) is 7.24. The number of hydrogen-bond donors (Lipinski definition) is 2. The molecule has 21 heavy (non-hydrogen) atoms. The van der Waals surface area contributed by atoms with E-state index < -0.39 is 5.97 Å². The summed E-state index contributed by atoms with van der Waals surface area (Å²) in [4.78, 5) is 22.8. The van der Waals surface area contributed by atoms with E-state index in [-0.39, 0.29) is 23.8 Å². The van der Waals surface area contributed by atoms with Crippen LogP contribution in [0.2, 0.25) is 0 Å². The van der Waals surface area contributed by atoms with Gasteiger partial charge in [0, 0.05) is 0 Å². The van der Waals surface area contributed by atoms with Crippen LogP contribution in [0.15, 0.2) is 35.7 Å². The Bertz CT molecular complexity index is 651. The number of anilines is 1. The highest BCUT2D eigenvalue weighted by Gasteiger charge is 2.13. The van der Waals surface area contributed by atoms with Crippen LogP contribution >= 0.6 is 11.3 Å². The predicted octanol–water partition coefficient (Wildman–Crippen LogP) is 3.16. The van der Waals surface area contributed by atoms with Crippen molar-refractivity contribution in [3.8, 4) is 5.75 Å². The van der Waals surface area contributed by atoms with Crippen molar-refractivity contribution >= 4 is 28.9 Å². The van der Waals surface area contributed by atoms with Gasteiger partial charge in [0.1, 0.15) is 10.6 Å². The monoisotopic (exact) mass is 305 g/mol. The minimum Gasteiger partial charge on any atom is -0.493 e. The second-order valence-corrected chi connectivity index (χ2v) is 5.35. The van der Waals surface area contributed by atoms with Crippen LogP contribution < -0.4 is 10.1 Å². The molecule has 2 rings (SSSR count). The molecule has 0 atom stereocenters. The van der Waals surface area contributed by atoms with Gasteiger partial charge in [0.25, 0.3) is 0 Å². The molecule has 0 unspecified atom stereocenters. The summed E-state index contributed by atoms with van der Waals surface area (Å²) in [6, 6.07) is 9.14. The molecule has 0 fully saturated rings. The maximum atomic E-state index is 11.8. The summed E-state index contributed by atoms with van der Waals surface area (Å²) in [6.45, 7) is 2.20. The van der Waals surface area contributed by atoms with Crippen molar-refractivity contribution in [3.63, 3.8) is 0 Å². The molecule has 0 bridgehead atoms. The van der Waals surface area contributed by atoms with E-state index in [1.54, 1.807) is 11.4 Å². The smallest absolute Gasteiger partial charge is 0.348 e. The molecular formula is C15H15NO4S. The quantitative estimate of drug-likeness (QED) is 0.859. The third-order valence-electron chi connectivity index (χ3n) is 2.72. The average molecular weight is 305 g/mol. The Morgan fingerprint density at radius 2 is 2.14 bits per heavy atom. The third-order valence-corrected chi connectivity index (χ3v) is 3.62. The number of nitrogens with one attached hydrogen (secondary N) is 1. The largest absolute Gasteiger partial charge is 0.493 e. The van der Waals surface area contributed by atoms with Crippen molar-refractivity contribution in [1.29, 1.82) is 0 Å². The van der Waals surface area contributed by atoms with E-state index >= 15 is 0 Å². The number of rotatable bonds is 6. The Balaban J connectivity index is 1.82. The lowest BCUT2D eigenvalue weighted by Gasteiger charge is -2.07. The molecule has 2 N–H and O–H groups in total. The zero-order valence-electron chi connectivity index (χ0n) is 11.5. The molecule has 5 nitrogen and oxygen atoms in total. The van der Waals surface area contributed by atoms with E-state index in [1.165, 1.54) is 0 Å². The number of carboxylic acid groups (broad SMARTS) is 1. The third kappa shape index (κ3) is 4.32. The maximum absolute atomic E-state index is 11.8. The van der Waals surface area contributed by atoms with E-state index in [2.05, 4.69) is 5.32 Å². The summed E-state index contributed by atoms with van der Waals surface area (Å²) in [6.07, 6.45) is 0.156. The molecule has 0 aliphatic rings. The summed E-state index contributed by atoms with van der Waals surface area (Å²) < 4.78 is 5.48. The molecule has 0 saturated carbocycles. The van der Waals surface area contributed by atoms with E-state index in [9.17, 15) is 9.59 Å². The molecule has 1 heterocycles. The van der Waals surface area contributed by atoms with Crippen LogP contribution in [0.3, 0.4) is 0 Å². The summed E-state index contributed by atoms with van der Waals surface area (Å²) in [7, 11) is 0. The lowest BCUT2D eigenvalue weighted by molar-refractivity contribution is -0.116. The fraction of sp³-hybridized carbons (Fsp3) is 0.200. The van der Waals surface area contributed by atoms with E-state index in [0.717, 1.165) is 16.9 Å². The summed E-state index contributed by atoms with van der Waals surface area (Å²) in [5, 5.41) is 13.2. The summed E-state index contributed by atoms with van der Waals surface area (Å²) in [5.74, 6) is -0.607. The first kappa shape index (κ1) is 15.1. The first-order chi connectivity index (χ1) is 10.1. The summed E-state index contributed by atoms with van der Waals surface area (Å²) >= 11 is 1.08. The molecule has 1 aromatic heterocycles. The Morgan fingerprint density at radius 1 is 1.33 bits per heavy atom. The zero-order valence-corrected chi connectivity index (χ0v) is 12.3. The Labute approximate surface area is 126 Å². The zero-order chi connectivity index (χ0) is 15.2. The lowest BCUT2D eigenvalue weighted by Crippen LogP contribution is -2.16. The first-order valence-electron chi connectivity index (χ1n) is 6.36. The topological polar surface area (TPSA) is 75.6 Å². The predicted molar refractivity (Wildman–Crippen MR) is 81.2 cm³/mol. The van der Waals surface area contributed by atoms with Gasteiger partial charge in [-0.1, -0.05) is 12.1 Å². The number of aromatic carboxylic acids is 1. The van der Waals surface area contributed by atoms with Crippen molar-refractivity contribution in [3.05, 3.63) is 46.2 Å². The fourth-order valence-electron chi connectivity index (χ4n) is 1.75. The van der Waals surface area contributed by atoms with E-state index in [0.29, 0.717) is 11.4 Å². The van der Waals surface area contributed by atoms with Gasteiger partial charge in [-0.15, -0.1) is 11.3 Å². The minimum atomic E-state index is -1.05. The van der Waals surface area contributed by atoms with Crippen LogP contribution in [0.5, 0.6) is 5.75 Å². The molecule has 0 aliphatic carbocycles. The minimum absolute atomic E-state index is 0.128. The number of carbonyl (C=O) groups excluding carboxylic acids is 1. The van der Waals surface area contributed by atoms with Crippen LogP contribution in [0.25, 0.3) is 0 Å². The second-order valence-electron chi connectivity index (χ2n) is 4.43. The molecule has 1 aromatic carbocycles. The molecule has 0 spiro atoms. The molecule has 2 aromatic rings. The molecule has 1 amide bonds. The van der Waals surface area contributed by atoms with Crippen LogP contribution in [-0.4, -0.2) is 23.6 Å². The van der Waals surface area contributed by atoms with Gasteiger partial charge in [0.05, 0.1) is 18.7 Å². The maximum Gasteiger partial charge on any atom is 0.348 e. The molecule has 0 radical (unpaired) electrons. The van der Waals surface area contributed by atoms with Crippen molar-refractivity contribution in [1.82, 2.24) is 0 Å². The molecule has 110 valence electrons. The van der Waals surface area contributed by atoms with E-state index in [4.69, 9.17) is 9.84 Å². The molecule has 0 aliphatic heterocycles. The van der Waals surface area contributed by atoms with Crippen LogP contribution in [0, 0.1) is 6.92 Å². The standard InChI is InChI=1S/C15H15NO4S/c1-10-3-2-4-11(9-10)20-7-5-13(17)16-12-6-8-21-14(12)15(18)19/h2-4,6,8-9H,5,7H2,1H3,(H,16,17)(H,18,19). The molecule has 6 heteroatoms. The Morgan fingerprint density at radius 3 is 2.86 bits per heavy atom. The van der Waals surface area contributed by atoms with Gasteiger partial charge in [-0.2, -0.15) is 0 Å². The lowest BCUT2D eigenvalue weighted by atomic mass is 10.2. The number of thiophene rings is 1. The second kappa shape index (κ2) is 6.90. The average Bonchev–Trinajstić information content (AvgIpc) is 2.87. The van der Waals surface area contributed by atoms with Crippen molar-refractivity contribution in [2.24, 2.45) is 0 Å². The number of hydrogen-bond acceptors (Lipinski definition) is 4.